The fraction of sp³-hybridized carbons (Fsp3) is 0.556. The molecule has 0 saturated carbocycles. The molecule has 0 aliphatic carbocycles. The van der Waals surface area contributed by atoms with E-state index in [-0.39, 0.29) is 6.04 Å². The average molecular weight is 346 g/mol. The van der Waals surface area contributed by atoms with Crippen molar-refractivity contribution in [1.29, 1.82) is 0 Å². The summed E-state index contributed by atoms with van der Waals surface area (Å²) in [6.45, 7) is 7.91. The molecular formula is C18H26N4O3. The summed E-state index contributed by atoms with van der Waals surface area (Å²) in [6.07, 6.45) is 4.56. The second-order valence-electron chi connectivity index (χ2n) is 6.40. The van der Waals surface area contributed by atoms with Crippen molar-refractivity contribution in [2.24, 2.45) is 0 Å². The molecule has 0 saturated heterocycles. The van der Waals surface area contributed by atoms with Gasteiger partial charge in [0.25, 0.3) is 5.91 Å². The Morgan fingerprint density at radius 3 is 2.68 bits per heavy atom. The number of hydrogen-bond donors (Lipinski definition) is 2. The number of fused-ring (bicyclic) bond motifs is 1. The number of carboxylic acid groups (broad SMARTS) is 1. The Kier molecular flexibility index (Phi) is 6.12. The number of aryl methyl sites for hydroxylation is 1. The van der Waals surface area contributed by atoms with Crippen LogP contribution in [-0.2, 0) is 4.79 Å². The van der Waals surface area contributed by atoms with Crippen molar-refractivity contribution >= 4 is 22.9 Å². The zero-order chi connectivity index (χ0) is 18.6. The molecule has 1 amide bonds. The molecule has 0 aliphatic heterocycles. The second kappa shape index (κ2) is 8.09. The first-order valence-electron chi connectivity index (χ1n) is 8.77. The first-order valence-corrected chi connectivity index (χ1v) is 8.77. The van der Waals surface area contributed by atoms with Gasteiger partial charge in [0.2, 0.25) is 0 Å². The molecule has 7 heteroatoms. The van der Waals surface area contributed by atoms with Crippen LogP contribution in [0.3, 0.4) is 0 Å². The fourth-order valence-corrected chi connectivity index (χ4v) is 2.73. The molecule has 0 radical (unpaired) electrons. The Hall–Kier alpha value is -2.44. The molecule has 2 rings (SSSR count). The highest BCUT2D eigenvalue weighted by Crippen LogP contribution is 2.22. The summed E-state index contributed by atoms with van der Waals surface area (Å²) in [7, 11) is 0. The van der Waals surface area contributed by atoms with Crippen LogP contribution in [0.2, 0.25) is 0 Å². The SMILES string of the molecule is CCCCC(NC(=O)c1cc(C)nc2c1cnn2C(C)CC)C(=O)O. The van der Waals surface area contributed by atoms with E-state index in [0.29, 0.717) is 28.7 Å². The van der Waals surface area contributed by atoms with Gasteiger partial charge in [-0.15, -0.1) is 0 Å². The number of nitrogens with zero attached hydrogens (tertiary/aromatic N) is 3. The molecule has 2 unspecified atom stereocenters. The van der Waals surface area contributed by atoms with Gasteiger partial charge in [0.1, 0.15) is 6.04 Å². The van der Waals surface area contributed by atoms with E-state index in [1.54, 1.807) is 12.3 Å². The predicted octanol–water partition coefficient (Wildman–Crippen LogP) is 3.08. The van der Waals surface area contributed by atoms with Crippen LogP contribution in [0.15, 0.2) is 12.3 Å². The van der Waals surface area contributed by atoms with E-state index in [4.69, 9.17) is 0 Å². The maximum atomic E-state index is 12.7. The first-order chi connectivity index (χ1) is 11.9. The van der Waals surface area contributed by atoms with Crippen LogP contribution in [0.5, 0.6) is 0 Å². The quantitative estimate of drug-likeness (QED) is 0.765. The van der Waals surface area contributed by atoms with Crippen molar-refractivity contribution in [2.45, 2.75) is 65.5 Å². The van der Waals surface area contributed by atoms with Gasteiger partial charge in [-0.1, -0.05) is 26.7 Å². The van der Waals surface area contributed by atoms with E-state index >= 15 is 0 Å². The summed E-state index contributed by atoms with van der Waals surface area (Å²) in [5.74, 6) is -1.41. The highest BCUT2D eigenvalue weighted by Gasteiger charge is 2.23. The standard InChI is InChI=1S/C18H26N4O3/c1-5-7-8-15(18(24)25)21-17(23)13-9-11(3)20-16-14(13)10-19-22(16)12(4)6-2/h9-10,12,15H,5-8H2,1-4H3,(H,21,23)(H,24,25). The highest BCUT2D eigenvalue weighted by molar-refractivity contribution is 6.06. The van der Waals surface area contributed by atoms with E-state index in [0.717, 1.165) is 19.3 Å². The average Bonchev–Trinajstić information content (AvgIpc) is 3.00. The van der Waals surface area contributed by atoms with Crippen molar-refractivity contribution in [3.63, 3.8) is 0 Å². The monoisotopic (exact) mass is 346 g/mol. The van der Waals surface area contributed by atoms with Crippen molar-refractivity contribution in [3.8, 4) is 0 Å². The normalized spacial score (nSPS) is 13.6. The smallest absolute Gasteiger partial charge is 0.326 e. The summed E-state index contributed by atoms with van der Waals surface area (Å²) in [5, 5.41) is 17.0. The van der Waals surface area contributed by atoms with Gasteiger partial charge >= 0.3 is 5.97 Å². The number of aromatic nitrogens is 3. The van der Waals surface area contributed by atoms with E-state index in [2.05, 4.69) is 22.3 Å². The van der Waals surface area contributed by atoms with Crippen LogP contribution < -0.4 is 5.32 Å². The molecule has 2 atom stereocenters. The lowest BCUT2D eigenvalue weighted by molar-refractivity contribution is -0.139. The molecule has 2 heterocycles. The molecular weight excluding hydrogens is 320 g/mol. The number of aliphatic carboxylic acids is 1. The molecule has 0 aromatic carbocycles. The number of carboxylic acids is 1. The third kappa shape index (κ3) is 4.15. The van der Waals surface area contributed by atoms with Crippen LogP contribution in [-0.4, -0.2) is 37.8 Å². The summed E-state index contributed by atoms with van der Waals surface area (Å²) in [6, 6.07) is 0.957. The zero-order valence-corrected chi connectivity index (χ0v) is 15.2. The Bertz CT molecular complexity index is 769. The molecule has 136 valence electrons. The van der Waals surface area contributed by atoms with Gasteiger partial charge in [0, 0.05) is 5.69 Å². The first kappa shape index (κ1) is 18.9. The van der Waals surface area contributed by atoms with Gasteiger partial charge in [0.15, 0.2) is 5.65 Å². The van der Waals surface area contributed by atoms with Crippen LogP contribution in [0.1, 0.15) is 68.5 Å². The van der Waals surface area contributed by atoms with Crippen LogP contribution in [0, 0.1) is 6.92 Å². The van der Waals surface area contributed by atoms with Crippen molar-refractivity contribution in [2.75, 3.05) is 0 Å². The van der Waals surface area contributed by atoms with Gasteiger partial charge in [-0.2, -0.15) is 5.10 Å². The summed E-state index contributed by atoms with van der Waals surface area (Å²) >= 11 is 0. The predicted molar refractivity (Wildman–Crippen MR) is 95.7 cm³/mol. The van der Waals surface area contributed by atoms with Gasteiger partial charge in [-0.25, -0.2) is 14.5 Å². The lowest BCUT2D eigenvalue weighted by Gasteiger charge is -2.15. The zero-order valence-electron chi connectivity index (χ0n) is 15.2. The van der Waals surface area contributed by atoms with E-state index in [1.165, 1.54) is 0 Å². The Morgan fingerprint density at radius 2 is 2.08 bits per heavy atom. The minimum absolute atomic E-state index is 0.166. The van der Waals surface area contributed by atoms with E-state index in [1.807, 2.05) is 25.5 Å². The van der Waals surface area contributed by atoms with Gasteiger partial charge in [0.05, 0.1) is 23.2 Å². The lowest BCUT2D eigenvalue weighted by atomic mass is 10.1. The molecule has 0 fully saturated rings. The molecule has 7 nitrogen and oxygen atoms in total. The molecule has 2 N–H and O–H groups in total. The topological polar surface area (TPSA) is 97.1 Å². The van der Waals surface area contributed by atoms with E-state index in [9.17, 15) is 14.7 Å². The van der Waals surface area contributed by atoms with Crippen molar-refractivity contribution in [3.05, 3.63) is 23.5 Å². The number of rotatable bonds is 8. The van der Waals surface area contributed by atoms with Gasteiger partial charge < -0.3 is 10.4 Å². The fourth-order valence-electron chi connectivity index (χ4n) is 2.73. The maximum absolute atomic E-state index is 12.7. The number of hydrogen-bond acceptors (Lipinski definition) is 4. The number of unbranched alkanes of at least 4 members (excludes halogenated alkanes) is 1. The maximum Gasteiger partial charge on any atom is 0.326 e. The van der Waals surface area contributed by atoms with Crippen LogP contribution in [0.4, 0.5) is 0 Å². The summed E-state index contributed by atoms with van der Waals surface area (Å²) in [5.41, 5.74) is 1.77. The second-order valence-corrected chi connectivity index (χ2v) is 6.40. The number of amides is 1. The van der Waals surface area contributed by atoms with Gasteiger partial charge in [-0.3, -0.25) is 4.79 Å². The molecule has 2 aromatic heterocycles. The minimum atomic E-state index is -1.01. The Balaban J connectivity index is 2.37. The Morgan fingerprint density at radius 1 is 1.36 bits per heavy atom. The van der Waals surface area contributed by atoms with Crippen molar-refractivity contribution in [1.82, 2.24) is 20.1 Å². The molecule has 0 spiro atoms. The summed E-state index contributed by atoms with van der Waals surface area (Å²) < 4.78 is 1.81. The molecule has 25 heavy (non-hydrogen) atoms. The third-order valence-electron chi connectivity index (χ3n) is 4.40. The molecule has 2 aromatic rings. The number of pyridine rings is 1. The largest absolute Gasteiger partial charge is 0.480 e. The van der Waals surface area contributed by atoms with Gasteiger partial charge in [-0.05, 0) is 32.8 Å². The van der Waals surface area contributed by atoms with Crippen LogP contribution in [0.25, 0.3) is 11.0 Å². The molecule has 0 aliphatic rings. The minimum Gasteiger partial charge on any atom is -0.480 e. The van der Waals surface area contributed by atoms with E-state index < -0.39 is 17.9 Å². The van der Waals surface area contributed by atoms with Crippen molar-refractivity contribution < 1.29 is 14.7 Å². The third-order valence-corrected chi connectivity index (χ3v) is 4.40. The highest BCUT2D eigenvalue weighted by atomic mass is 16.4. The van der Waals surface area contributed by atoms with Crippen LogP contribution >= 0.6 is 0 Å². The summed E-state index contributed by atoms with van der Waals surface area (Å²) in [4.78, 5) is 28.6. The lowest BCUT2D eigenvalue weighted by Crippen LogP contribution is -2.40. The number of carbonyl (C=O) groups is 2. The Labute approximate surface area is 147 Å². The number of carbonyl (C=O) groups excluding carboxylic acids is 1. The number of nitrogens with one attached hydrogen (secondary N) is 1. The molecule has 0 bridgehead atoms.